The molecule has 1 saturated heterocycles. The van der Waals surface area contributed by atoms with E-state index in [1.165, 1.54) is 18.3 Å². The molecule has 3 rings (SSSR count). The molecule has 1 aromatic carbocycles. The van der Waals surface area contributed by atoms with Gasteiger partial charge in [0.1, 0.15) is 17.7 Å². The topological polar surface area (TPSA) is 83.3 Å². The Morgan fingerprint density at radius 2 is 1.92 bits per heavy atom. The highest BCUT2D eigenvalue weighted by Gasteiger charge is 2.40. The smallest absolute Gasteiger partial charge is 0.249 e. The Balaban J connectivity index is 1.71. The second kappa shape index (κ2) is 6.14. The largest absolute Gasteiger partial charge is 0.471 e. The first-order chi connectivity index (χ1) is 11.4. The quantitative estimate of drug-likeness (QED) is 0.837. The lowest BCUT2D eigenvalue weighted by Gasteiger charge is -2.37. The standard InChI is InChI=1S/C15H11F2N3O3S/c16-12-2-1-3-13(17)15(12)24(21,22)20-8-11(9-20)23-14-6-10(7-18)4-5-19-14/h1-6,11H,8-9H2. The number of sulfonamides is 1. The number of pyridine rings is 1. The zero-order valence-electron chi connectivity index (χ0n) is 12.2. The van der Waals surface area contributed by atoms with Crippen LogP contribution in [0.2, 0.25) is 0 Å². The minimum Gasteiger partial charge on any atom is -0.471 e. The lowest BCUT2D eigenvalue weighted by atomic mass is 10.2. The van der Waals surface area contributed by atoms with Crippen molar-refractivity contribution < 1.29 is 21.9 Å². The van der Waals surface area contributed by atoms with E-state index in [1.807, 2.05) is 6.07 Å². The van der Waals surface area contributed by atoms with Gasteiger partial charge in [0.2, 0.25) is 15.9 Å². The number of nitriles is 1. The molecule has 0 aliphatic carbocycles. The predicted molar refractivity (Wildman–Crippen MR) is 78.5 cm³/mol. The van der Waals surface area contributed by atoms with Crippen LogP contribution in [0.4, 0.5) is 8.78 Å². The molecule has 0 N–H and O–H groups in total. The maximum Gasteiger partial charge on any atom is 0.249 e. The fourth-order valence-corrected chi connectivity index (χ4v) is 3.86. The van der Waals surface area contributed by atoms with E-state index in [9.17, 15) is 17.2 Å². The van der Waals surface area contributed by atoms with E-state index in [4.69, 9.17) is 10.00 Å². The Morgan fingerprint density at radius 1 is 1.25 bits per heavy atom. The number of hydrogen-bond donors (Lipinski definition) is 0. The molecule has 2 heterocycles. The number of ether oxygens (including phenoxy) is 1. The molecule has 9 heteroatoms. The molecule has 1 aliphatic heterocycles. The fraction of sp³-hybridized carbons (Fsp3) is 0.200. The summed E-state index contributed by atoms with van der Waals surface area (Å²) in [6.45, 7) is -0.122. The third-order valence-corrected chi connectivity index (χ3v) is 5.37. The van der Waals surface area contributed by atoms with Crippen molar-refractivity contribution in [2.24, 2.45) is 0 Å². The zero-order chi connectivity index (χ0) is 17.3. The van der Waals surface area contributed by atoms with Gasteiger partial charge in [0.05, 0.1) is 24.7 Å². The summed E-state index contributed by atoms with van der Waals surface area (Å²) in [4.78, 5) is 2.96. The Morgan fingerprint density at radius 3 is 2.54 bits per heavy atom. The maximum absolute atomic E-state index is 13.7. The van der Waals surface area contributed by atoms with Crippen LogP contribution < -0.4 is 4.74 Å². The lowest BCUT2D eigenvalue weighted by Crippen LogP contribution is -2.56. The van der Waals surface area contributed by atoms with Gasteiger partial charge in [-0.25, -0.2) is 22.2 Å². The highest BCUT2D eigenvalue weighted by molar-refractivity contribution is 7.89. The molecule has 0 radical (unpaired) electrons. The van der Waals surface area contributed by atoms with Crippen molar-refractivity contribution in [2.45, 2.75) is 11.0 Å². The first kappa shape index (κ1) is 16.3. The van der Waals surface area contributed by atoms with Crippen LogP contribution in [0.3, 0.4) is 0 Å². The molecular weight excluding hydrogens is 340 g/mol. The second-order valence-electron chi connectivity index (χ2n) is 5.11. The van der Waals surface area contributed by atoms with Crippen molar-refractivity contribution in [1.29, 1.82) is 5.26 Å². The fourth-order valence-electron chi connectivity index (χ4n) is 2.24. The summed E-state index contributed by atoms with van der Waals surface area (Å²) in [5, 5.41) is 8.80. The van der Waals surface area contributed by atoms with Gasteiger partial charge in [-0.3, -0.25) is 0 Å². The normalized spacial score (nSPS) is 15.5. The van der Waals surface area contributed by atoms with Gasteiger partial charge < -0.3 is 4.74 Å². The van der Waals surface area contributed by atoms with Gasteiger partial charge in [-0.2, -0.15) is 9.57 Å². The van der Waals surface area contributed by atoms with Gasteiger partial charge >= 0.3 is 0 Å². The first-order valence-electron chi connectivity index (χ1n) is 6.89. The summed E-state index contributed by atoms with van der Waals surface area (Å²) in [5.41, 5.74) is 0.359. The van der Waals surface area contributed by atoms with Gasteiger partial charge in [-0.15, -0.1) is 0 Å². The summed E-state index contributed by atoms with van der Waals surface area (Å²) in [6.07, 6.45) is 0.895. The van der Waals surface area contributed by atoms with Crippen LogP contribution >= 0.6 is 0 Å². The van der Waals surface area contributed by atoms with E-state index < -0.39 is 32.7 Å². The summed E-state index contributed by atoms with van der Waals surface area (Å²) < 4.78 is 58.3. The molecule has 1 aromatic heterocycles. The average molecular weight is 351 g/mol. The summed E-state index contributed by atoms with van der Waals surface area (Å²) in [7, 11) is -4.27. The lowest BCUT2D eigenvalue weighted by molar-refractivity contribution is 0.0717. The van der Waals surface area contributed by atoms with Crippen LogP contribution in [0.25, 0.3) is 0 Å². The number of benzene rings is 1. The number of nitrogens with zero attached hydrogens (tertiary/aromatic N) is 3. The van der Waals surface area contributed by atoms with Crippen molar-refractivity contribution in [2.75, 3.05) is 13.1 Å². The highest BCUT2D eigenvalue weighted by atomic mass is 32.2. The van der Waals surface area contributed by atoms with E-state index in [1.54, 1.807) is 0 Å². The van der Waals surface area contributed by atoms with Crippen molar-refractivity contribution in [3.63, 3.8) is 0 Å². The van der Waals surface area contributed by atoms with Crippen LogP contribution in [0.15, 0.2) is 41.4 Å². The highest BCUT2D eigenvalue weighted by Crippen LogP contribution is 2.27. The monoisotopic (exact) mass is 351 g/mol. The molecule has 0 saturated carbocycles. The molecule has 0 unspecified atom stereocenters. The molecule has 0 spiro atoms. The molecule has 0 amide bonds. The minimum atomic E-state index is -4.27. The van der Waals surface area contributed by atoms with E-state index in [2.05, 4.69) is 4.98 Å². The Hall–Kier alpha value is -2.57. The summed E-state index contributed by atoms with van der Waals surface area (Å²) in [5.74, 6) is -2.08. The SMILES string of the molecule is N#Cc1ccnc(OC2CN(S(=O)(=O)c3c(F)cccc3F)C2)c1. The van der Waals surface area contributed by atoms with Crippen LogP contribution in [-0.2, 0) is 10.0 Å². The third kappa shape index (κ3) is 2.93. The van der Waals surface area contributed by atoms with Crippen molar-refractivity contribution in [3.05, 3.63) is 53.7 Å². The first-order valence-corrected chi connectivity index (χ1v) is 8.33. The minimum absolute atomic E-state index is 0.0609. The number of hydrogen-bond acceptors (Lipinski definition) is 5. The number of aromatic nitrogens is 1. The van der Waals surface area contributed by atoms with Crippen LogP contribution in [0.5, 0.6) is 5.88 Å². The number of rotatable bonds is 4. The summed E-state index contributed by atoms with van der Waals surface area (Å²) in [6, 6.07) is 7.74. The van der Waals surface area contributed by atoms with Gasteiger partial charge in [0, 0.05) is 12.3 Å². The molecule has 0 atom stereocenters. The molecule has 2 aromatic rings. The van der Waals surface area contributed by atoms with Crippen molar-refractivity contribution >= 4 is 10.0 Å². The molecule has 1 fully saturated rings. The average Bonchev–Trinajstić information content (AvgIpc) is 2.50. The molecular formula is C15H11F2N3O3S. The maximum atomic E-state index is 13.7. The second-order valence-corrected chi connectivity index (χ2v) is 6.98. The summed E-state index contributed by atoms with van der Waals surface area (Å²) >= 11 is 0. The van der Waals surface area contributed by atoms with E-state index >= 15 is 0 Å². The van der Waals surface area contributed by atoms with Crippen molar-refractivity contribution in [3.8, 4) is 11.9 Å². The van der Waals surface area contributed by atoms with Gasteiger partial charge in [-0.1, -0.05) is 6.07 Å². The predicted octanol–water partition coefficient (Wildman–Crippen LogP) is 1.68. The zero-order valence-corrected chi connectivity index (χ0v) is 13.0. The van der Waals surface area contributed by atoms with E-state index in [0.29, 0.717) is 5.56 Å². The van der Waals surface area contributed by atoms with E-state index in [0.717, 1.165) is 22.5 Å². The van der Waals surface area contributed by atoms with Gasteiger partial charge in [0.15, 0.2) is 4.90 Å². The molecule has 6 nitrogen and oxygen atoms in total. The molecule has 24 heavy (non-hydrogen) atoms. The Kier molecular flexibility index (Phi) is 4.17. The van der Waals surface area contributed by atoms with Crippen LogP contribution in [0, 0.1) is 23.0 Å². The van der Waals surface area contributed by atoms with E-state index in [-0.39, 0.29) is 19.0 Å². The van der Waals surface area contributed by atoms with Crippen LogP contribution in [0.1, 0.15) is 5.56 Å². The van der Waals surface area contributed by atoms with Crippen molar-refractivity contribution in [1.82, 2.24) is 9.29 Å². The Labute approximate surface area is 137 Å². The Bertz CT molecular complexity index is 902. The van der Waals surface area contributed by atoms with Gasteiger partial charge in [-0.05, 0) is 18.2 Å². The number of halogens is 2. The van der Waals surface area contributed by atoms with Gasteiger partial charge in [0.25, 0.3) is 0 Å². The molecule has 124 valence electrons. The third-order valence-electron chi connectivity index (χ3n) is 3.48. The van der Waals surface area contributed by atoms with Crippen LogP contribution in [-0.4, -0.2) is 36.9 Å². The molecule has 0 bridgehead atoms. The molecule has 1 aliphatic rings.